The monoisotopic (exact) mass is 333 g/mol. The third-order valence-electron chi connectivity index (χ3n) is 3.77. The molecule has 0 aliphatic rings. The van der Waals surface area contributed by atoms with E-state index in [9.17, 15) is 0 Å². The zero-order valence-corrected chi connectivity index (χ0v) is 12.8. The second-order valence-corrected chi connectivity index (χ2v) is 5.97. The summed E-state index contributed by atoms with van der Waals surface area (Å²) in [5, 5.41) is 3.65. The molecule has 4 aromatic rings. The highest BCUT2D eigenvalue weighted by Gasteiger charge is 2.08. The molecule has 0 bridgehead atoms. The fourth-order valence-electron chi connectivity index (χ4n) is 2.78. The number of pyridine rings is 1. The van der Waals surface area contributed by atoms with Crippen molar-refractivity contribution in [1.82, 2.24) is 4.98 Å². The molecule has 1 heterocycles. The molecule has 0 aliphatic heterocycles. The Labute approximate surface area is 131 Å². The van der Waals surface area contributed by atoms with Gasteiger partial charge >= 0.3 is 0 Å². The van der Waals surface area contributed by atoms with Gasteiger partial charge in [0, 0.05) is 21.4 Å². The second-order valence-electron chi connectivity index (χ2n) is 5.05. The van der Waals surface area contributed by atoms with Crippen molar-refractivity contribution in [2.45, 2.75) is 0 Å². The average molecular weight is 334 g/mol. The molecule has 1 nitrogen and oxygen atoms in total. The highest BCUT2D eigenvalue weighted by molar-refractivity contribution is 9.10. The van der Waals surface area contributed by atoms with Gasteiger partial charge in [-0.05, 0) is 34.7 Å². The van der Waals surface area contributed by atoms with Crippen molar-refractivity contribution in [2.75, 3.05) is 0 Å². The molecular weight excluding hydrogens is 322 g/mol. The number of fused-ring (bicyclic) bond motifs is 3. The first-order valence-corrected chi connectivity index (χ1v) is 7.65. The predicted octanol–water partition coefficient (Wildman–Crippen LogP) is 5.82. The van der Waals surface area contributed by atoms with E-state index in [1.807, 2.05) is 6.20 Å². The Morgan fingerprint density at radius 3 is 2.43 bits per heavy atom. The zero-order chi connectivity index (χ0) is 14.2. The van der Waals surface area contributed by atoms with Crippen molar-refractivity contribution in [3.8, 4) is 11.1 Å². The summed E-state index contributed by atoms with van der Waals surface area (Å²) in [6, 6.07) is 23.2. The number of nitrogens with zero attached hydrogens (tertiary/aromatic N) is 1. The van der Waals surface area contributed by atoms with Crippen LogP contribution in [0.4, 0.5) is 0 Å². The first-order chi connectivity index (χ1) is 10.3. The van der Waals surface area contributed by atoms with Crippen LogP contribution in [0.3, 0.4) is 0 Å². The lowest BCUT2D eigenvalue weighted by Crippen LogP contribution is -1.86. The largest absolute Gasteiger partial charge is 0.256 e. The van der Waals surface area contributed by atoms with Crippen molar-refractivity contribution in [3.63, 3.8) is 0 Å². The molecule has 4 rings (SSSR count). The molecule has 2 heteroatoms. The fraction of sp³-hybridized carbons (Fsp3) is 0. The summed E-state index contributed by atoms with van der Waals surface area (Å²) in [7, 11) is 0. The van der Waals surface area contributed by atoms with E-state index in [0.29, 0.717) is 0 Å². The van der Waals surface area contributed by atoms with Gasteiger partial charge in [-0.25, -0.2) is 0 Å². The SMILES string of the molecule is Brc1ccc(-c2cccc3ncc4ccccc4c23)cc1. The molecule has 100 valence electrons. The third kappa shape index (κ3) is 2.12. The van der Waals surface area contributed by atoms with E-state index in [1.165, 1.54) is 27.3 Å². The maximum Gasteiger partial charge on any atom is 0.0714 e. The van der Waals surface area contributed by atoms with Crippen molar-refractivity contribution in [3.05, 3.63) is 77.4 Å². The number of hydrogen-bond acceptors (Lipinski definition) is 1. The minimum Gasteiger partial charge on any atom is -0.256 e. The molecule has 0 fully saturated rings. The number of rotatable bonds is 1. The third-order valence-corrected chi connectivity index (χ3v) is 4.30. The lowest BCUT2D eigenvalue weighted by atomic mass is 9.97. The molecule has 0 spiro atoms. The van der Waals surface area contributed by atoms with Crippen LogP contribution in [0.2, 0.25) is 0 Å². The second kappa shape index (κ2) is 4.97. The summed E-state index contributed by atoms with van der Waals surface area (Å²) in [6.07, 6.45) is 1.95. The van der Waals surface area contributed by atoms with E-state index < -0.39 is 0 Å². The van der Waals surface area contributed by atoms with Crippen LogP contribution in [0, 0.1) is 0 Å². The fourth-order valence-corrected chi connectivity index (χ4v) is 3.04. The molecule has 0 amide bonds. The minimum atomic E-state index is 1.04. The van der Waals surface area contributed by atoms with E-state index in [1.54, 1.807) is 0 Å². The average Bonchev–Trinajstić information content (AvgIpc) is 2.55. The molecule has 3 aromatic carbocycles. The first-order valence-electron chi connectivity index (χ1n) is 6.85. The summed E-state index contributed by atoms with van der Waals surface area (Å²) in [5.74, 6) is 0. The van der Waals surface area contributed by atoms with Crippen LogP contribution >= 0.6 is 15.9 Å². The van der Waals surface area contributed by atoms with Gasteiger partial charge in [-0.3, -0.25) is 4.98 Å². The van der Waals surface area contributed by atoms with E-state index >= 15 is 0 Å². The number of hydrogen-bond donors (Lipinski definition) is 0. The van der Waals surface area contributed by atoms with Gasteiger partial charge in [-0.1, -0.05) is 64.5 Å². The predicted molar refractivity (Wildman–Crippen MR) is 92.4 cm³/mol. The Morgan fingerprint density at radius 1 is 0.762 bits per heavy atom. The lowest BCUT2D eigenvalue weighted by molar-refractivity contribution is 1.44. The topological polar surface area (TPSA) is 12.9 Å². The molecule has 1 aromatic heterocycles. The lowest BCUT2D eigenvalue weighted by Gasteiger charge is -2.09. The van der Waals surface area contributed by atoms with Crippen LogP contribution in [0.1, 0.15) is 0 Å². The standard InChI is InChI=1S/C19H12BrN/c20-15-10-8-13(9-11-15)16-6-3-7-18-19(16)17-5-2-1-4-14(17)12-21-18/h1-12H. The maximum absolute atomic E-state index is 4.60. The molecular formula is C19H12BrN. The van der Waals surface area contributed by atoms with E-state index in [2.05, 4.69) is 87.6 Å². The van der Waals surface area contributed by atoms with Crippen LogP contribution in [0.15, 0.2) is 77.4 Å². The Morgan fingerprint density at radius 2 is 1.57 bits per heavy atom. The van der Waals surface area contributed by atoms with E-state index in [-0.39, 0.29) is 0 Å². The molecule has 0 saturated carbocycles. The first kappa shape index (κ1) is 12.5. The van der Waals surface area contributed by atoms with Gasteiger partial charge in [0.2, 0.25) is 0 Å². The molecule has 21 heavy (non-hydrogen) atoms. The van der Waals surface area contributed by atoms with Gasteiger partial charge in [-0.2, -0.15) is 0 Å². The van der Waals surface area contributed by atoms with Crippen molar-refractivity contribution >= 4 is 37.6 Å². The van der Waals surface area contributed by atoms with Crippen LogP contribution < -0.4 is 0 Å². The van der Waals surface area contributed by atoms with Gasteiger partial charge in [0.25, 0.3) is 0 Å². The van der Waals surface area contributed by atoms with Gasteiger partial charge in [0.05, 0.1) is 5.52 Å². The van der Waals surface area contributed by atoms with Crippen molar-refractivity contribution in [2.24, 2.45) is 0 Å². The van der Waals surface area contributed by atoms with Gasteiger partial charge in [0.15, 0.2) is 0 Å². The highest BCUT2D eigenvalue weighted by atomic mass is 79.9. The van der Waals surface area contributed by atoms with Gasteiger partial charge < -0.3 is 0 Å². The molecule has 0 atom stereocenters. The van der Waals surface area contributed by atoms with E-state index in [4.69, 9.17) is 0 Å². The summed E-state index contributed by atoms with van der Waals surface area (Å²) < 4.78 is 1.09. The Kier molecular flexibility index (Phi) is 2.97. The number of benzene rings is 3. The van der Waals surface area contributed by atoms with Crippen LogP contribution in [0.5, 0.6) is 0 Å². The van der Waals surface area contributed by atoms with Crippen molar-refractivity contribution < 1.29 is 0 Å². The molecule has 0 radical (unpaired) electrons. The Balaban J connectivity index is 2.13. The minimum absolute atomic E-state index is 1.04. The maximum atomic E-state index is 4.60. The summed E-state index contributed by atoms with van der Waals surface area (Å²) >= 11 is 3.50. The van der Waals surface area contributed by atoms with Crippen LogP contribution in [-0.2, 0) is 0 Å². The normalized spacial score (nSPS) is 11.1. The molecule has 0 N–H and O–H groups in total. The van der Waals surface area contributed by atoms with E-state index in [0.717, 1.165) is 9.99 Å². The Hall–Kier alpha value is -2.19. The van der Waals surface area contributed by atoms with Crippen molar-refractivity contribution in [1.29, 1.82) is 0 Å². The smallest absolute Gasteiger partial charge is 0.0714 e. The summed E-state index contributed by atoms with van der Waals surface area (Å²) in [5.41, 5.74) is 3.47. The Bertz CT molecular complexity index is 942. The number of aromatic nitrogens is 1. The quantitative estimate of drug-likeness (QED) is 0.400. The molecule has 0 saturated heterocycles. The van der Waals surface area contributed by atoms with Crippen LogP contribution in [0.25, 0.3) is 32.8 Å². The molecule has 0 unspecified atom stereocenters. The zero-order valence-electron chi connectivity index (χ0n) is 11.3. The summed E-state index contributed by atoms with van der Waals surface area (Å²) in [4.78, 5) is 4.60. The number of halogens is 1. The molecule has 0 aliphatic carbocycles. The van der Waals surface area contributed by atoms with Gasteiger partial charge in [-0.15, -0.1) is 0 Å². The highest BCUT2D eigenvalue weighted by Crippen LogP contribution is 2.33. The van der Waals surface area contributed by atoms with Crippen LogP contribution in [-0.4, -0.2) is 4.98 Å². The summed E-state index contributed by atoms with van der Waals surface area (Å²) in [6.45, 7) is 0. The van der Waals surface area contributed by atoms with Gasteiger partial charge in [0.1, 0.15) is 0 Å².